The maximum atomic E-state index is 11.5. The van der Waals surface area contributed by atoms with Crippen molar-refractivity contribution < 1.29 is 4.79 Å². The highest BCUT2D eigenvalue weighted by atomic mass is 16.1. The largest absolute Gasteiger partial charge is 0.341 e. The van der Waals surface area contributed by atoms with Crippen LogP contribution in [0.4, 0.5) is 23.3 Å². The molecule has 2 aromatic carbocycles. The second-order valence-electron chi connectivity index (χ2n) is 8.56. The molecule has 1 aliphatic heterocycles. The number of piperidine rings is 1. The third kappa shape index (κ3) is 5.11. The Bertz CT molecular complexity index is 1310. The molecule has 10 nitrogen and oxygen atoms in total. The number of anilines is 4. The maximum absolute atomic E-state index is 11.5. The summed E-state index contributed by atoms with van der Waals surface area (Å²) in [5.74, 6) is 0.988. The van der Waals surface area contributed by atoms with E-state index < -0.39 is 0 Å². The normalized spacial score (nSPS) is 14.1. The van der Waals surface area contributed by atoms with E-state index in [4.69, 9.17) is 0 Å². The van der Waals surface area contributed by atoms with Gasteiger partial charge in [0.15, 0.2) is 0 Å². The SMILES string of the molecule is CC(=O)Nc1cccc(Nc2ncnc(N3CCC(n4cc(-c5ccccc5)nn4)CC3)n2)c1C. The van der Waals surface area contributed by atoms with Gasteiger partial charge in [0.1, 0.15) is 12.0 Å². The van der Waals surface area contributed by atoms with Crippen molar-refractivity contribution in [1.29, 1.82) is 0 Å². The van der Waals surface area contributed by atoms with E-state index >= 15 is 0 Å². The van der Waals surface area contributed by atoms with Gasteiger partial charge >= 0.3 is 0 Å². The summed E-state index contributed by atoms with van der Waals surface area (Å²) >= 11 is 0. The standard InChI is InChI=1S/C25H27N9O/c1-17-21(28-18(2)35)9-6-10-22(17)29-24-26-16-27-25(30-24)33-13-11-20(12-14-33)34-15-23(31-32-34)19-7-4-3-5-8-19/h3-10,15-16,20H,11-14H2,1-2H3,(H,28,35)(H,26,27,29,30). The van der Waals surface area contributed by atoms with Gasteiger partial charge in [-0.05, 0) is 37.5 Å². The van der Waals surface area contributed by atoms with E-state index in [0.29, 0.717) is 11.9 Å². The Morgan fingerprint density at radius 2 is 1.77 bits per heavy atom. The van der Waals surface area contributed by atoms with E-state index in [1.54, 1.807) is 0 Å². The number of hydrogen-bond acceptors (Lipinski definition) is 8. The van der Waals surface area contributed by atoms with Gasteiger partial charge in [-0.2, -0.15) is 4.98 Å². The van der Waals surface area contributed by atoms with E-state index in [1.807, 2.05) is 66.3 Å². The molecule has 3 heterocycles. The van der Waals surface area contributed by atoms with Crippen LogP contribution in [-0.2, 0) is 4.79 Å². The van der Waals surface area contributed by atoms with E-state index in [2.05, 4.69) is 40.8 Å². The first-order chi connectivity index (χ1) is 17.1. The minimum Gasteiger partial charge on any atom is -0.341 e. The van der Waals surface area contributed by atoms with Crippen LogP contribution < -0.4 is 15.5 Å². The molecule has 1 fully saturated rings. The predicted molar refractivity (Wildman–Crippen MR) is 135 cm³/mol. The quantitative estimate of drug-likeness (QED) is 0.436. The number of nitrogens with zero attached hydrogens (tertiary/aromatic N) is 7. The van der Waals surface area contributed by atoms with Crippen LogP contribution in [0.2, 0.25) is 0 Å². The van der Waals surface area contributed by atoms with Gasteiger partial charge in [-0.25, -0.2) is 14.6 Å². The van der Waals surface area contributed by atoms with Gasteiger partial charge in [-0.15, -0.1) is 5.10 Å². The first-order valence-corrected chi connectivity index (χ1v) is 11.6. The number of benzene rings is 2. The number of rotatable bonds is 6. The minimum atomic E-state index is -0.113. The third-order valence-corrected chi connectivity index (χ3v) is 6.15. The van der Waals surface area contributed by atoms with Crippen molar-refractivity contribution in [3.05, 3.63) is 66.6 Å². The van der Waals surface area contributed by atoms with Crippen LogP contribution in [-0.4, -0.2) is 48.9 Å². The Labute approximate surface area is 203 Å². The smallest absolute Gasteiger partial charge is 0.232 e. The molecule has 1 aliphatic rings. The van der Waals surface area contributed by atoms with Crippen molar-refractivity contribution in [1.82, 2.24) is 29.9 Å². The minimum absolute atomic E-state index is 0.113. The van der Waals surface area contributed by atoms with E-state index in [9.17, 15) is 4.79 Å². The van der Waals surface area contributed by atoms with Gasteiger partial charge in [0, 0.05) is 37.0 Å². The molecule has 0 spiro atoms. The maximum Gasteiger partial charge on any atom is 0.232 e. The highest BCUT2D eigenvalue weighted by Crippen LogP contribution is 2.28. The zero-order valence-corrected chi connectivity index (χ0v) is 19.7. The lowest BCUT2D eigenvalue weighted by Gasteiger charge is -2.31. The summed E-state index contributed by atoms with van der Waals surface area (Å²) in [5, 5.41) is 14.8. The molecule has 35 heavy (non-hydrogen) atoms. The molecule has 1 amide bonds. The lowest BCUT2D eigenvalue weighted by Crippen LogP contribution is -2.36. The molecular weight excluding hydrogens is 442 g/mol. The molecular formula is C25H27N9O. The Hall–Kier alpha value is -4.34. The average molecular weight is 470 g/mol. The van der Waals surface area contributed by atoms with Crippen molar-refractivity contribution in [2.45, 2.75) is 32.7 Å². The van der Waals surface area contributed by atoms with E-state index in [0.717, 1.165) is 54.1 Å². The zero-order valence-electron chi connectivity index (χ0n) is 19.7. The molecule has 0 atom stereocenters. The number of nitrogens with one attached hydrogen (secondary N) is 2. The molecule has 0 radical (unpaired) electrons. The van der Waals surface area contributed by atoms with Gasteiger partial charge in [0.2, 0.25) is 17.8 Å². The van der Waals surface area contributed by atoms with Crippen molar-refractivity contribution in [3.63, 3.8) is 0 Å². The fourth-order valence-electron chi connectivity index (χ4n) is 4.24. The highest BCUT2D eigenvalue weighted by molar-refractivity contribution is 5.90. The Balaban J connectivity index is 1.24. The summed E-state index contributed by atoms with van der Waals surface area (Å²) in [6, 6.07) is 16.0. The van der Waals surface area contributed by atoms with Gasteiger partial charge < -0.3 is 15.5 Å². The lowest BCUT2D eigenvalue weighted by atomic mass is 10.1. The van der Waals surface area contributed by atoms with Crippen molar-refractivity contribution in [2.75, 3.05) is 28.6 Å². The number of carbonyl (C=O) groups is 1. The van der Waals surface area contributed by atoms with Crippen molar-refractivity contribution in [2.24, 2.45) is 0 Å². The van der Waals surface area contributed by atoms with Crippen molar-refractivity contribution in [3.8, 4) is 11.3 Å². The third-order valence-electron chi connectivity index (χ3n) is 6.15. The molecule has 1 saturated heterocycles. The summed E-state index contributed by atoms with van der Waals surface area (Å²) < 4.78 is 1.98. The molecule has 4 aromatic rings. The van der Waals surface area contributed by atoms with Crippen LogP contribution in [0.5, 0.6) is 0 Å². The first kappa shape index (κ1) is 22.5. The van der Waals surface area contributed by atoms with Crippen LogP contribution in [0.3, 0.4) is 0 Å². The molecule has 0 saturated carbocycles. The van der Waals surface area contributed by atoms with Gasteiger partial charge in [0.25, 0.3) is 0 Å². The lowest BCUT2D eigenvalue weighted by molar-refractivity contribution is -0.114. The summed E-state index contributed by atoms with van der Waals surface area (Å²) in [6.07, 6.45) is 5.39. The summed E-state index contributed by atoms with van der Waals surface area (Å²) in [4.78, 5) is 26.9. The number of amides is 1. The topological polar surface area (TPSA) is 114 Å². The predicted octanol–water partition coefficient (Wildman–Crippen LogP) is 3.98. The van der Waals surface area contributed by atoms with Crippen LogP contribution in [0.15, 0.2) is 61.1 Å². The zero-order chi connectivity index (χ0) is 24.2. The second kappa shape index (κ2) is 9.88. The molecule has 178 valence electrons. The molecule has 0 bridgehead atoms. The monoisotopic (exact) mass is 469 g/mol. The molecule has 5 rings (SSSR count). The highest BCUT2D eigenvalue weighted by Gasteiger charge is 2.24. The van der Waals surface area contributed by atoms with Gasteiger partial charge in [-0.1, -0.05) is 41.6 Å². The fourth-order valence-corrected chi connectivity index (χ4v) is 4.24. The van der Waals surface area contributed by atoms with E-state index in [-0.39, 0.29) is 11.9 Å². The van der Waals surface area contributed by atoms with Gasteiger partial charge in [0.05, 0.1) is 12.2 Å². The average Bonchev–Trinajstić information content (AvgIpc) is 3.38. The Morgan fingerprint density at radius 3 is 2.54 bits per heavy atom. The van der Waals surface area contributed by atoms with E-state index in [1.165, 1.54) is 13.3 Å². The Morgan fingerprint density at radius 1 is 1.00 bits per heavy atom. The first-order valence-electron chi connectivity index (χ1n) is 11.6. The molecule has 0 unspecified atom stereocenters. The molecule has 2 aromatic heterocycles. The second-order valence-corrected chi connectivity index (χ2v) is 8.56. The Kier molecular flexibility index (Phi) is 6.34. The van der Waals surface area contributed by atoms with Crippen LogP contribution in [0.25, 0.3) is 11.3 Å². The molecule has 2 N–H and O–H groups in total. The summed E-state index contributed by atoms with van der Waals surface area (Å²) in [7, 11) is 0. The summed E-state index contributed by atoms with van der Waals surface area (Å²) in [5.41, 5.74) is 4.45. The fraction of sp³-hybridized carbons (Fsp3) is 0.280. The van der Waals surface area contributed by atoms with Crippen molar-refractivity contribution >= 4 is 29.2 Å². The molecule has 0 aliphatic carbocycles. The summed E-state index contributed by atoms with van der Waals surface area (Å²) in [6.45, 7) is 5.05. The number of carbonyl (C=O) groups excluding carboxylic acids is 1. The van der Waals surface area contributed by atoms with Crippen LogP contribution >= 0.6 is 0 Å². The molecule has 10 heteroatoms. The number of hydrogen-bond donors (Lipinski definition) is 2. The number of aromatic nitrogens is 6. The van der Waals surface area contributed by atoms with Crippen LogP contribution in [0.1, 0.15) is 31.4 Å². The van der Waals surface area contributed by atoms with Gasteiger partial charge in [-0.3, -0.25) is 4.79 Å². The van der Waals surface area contributed by atoms with Crippen LogP contribution in [0, 0.1) is 6.92 Å².